The Hall–Kier alpha value is -1.36. The average Bonchev–Trinajstić information content (AvgIpc) is 2.78. The van der Waals surface area contributed by atoms with E-state index in [0.717, 1.165) is 35.7 Å². The van der Waals surface area contributed by atoms with Crippen molar-refractivity contribution in [2.75, 3.05) is 18.0 Å². The maximum atomic E-state index is 11.7. The van der Waals surface area contributed by atoms with E-state index in [-0.39, 0.29) is 17.0 Å². The van der Waals surface area contributed by atoms with E-state index in [1.54, 1.807) is 0 Å². The Morgan fingerprint density at radius 1 is 1.00 bits per heavy atom. The summed E-state index contributed by atoms with van der Waals surface area (Å²) in [6, 6.07) is 16.2. The fraction of sp³-hybridized carbons (Fsp3) is 0.381. The second-order valence-corrected chi connectivity index (χ2v) is 7.56. The van der Waals surface area contributed by atoms with E-state index in [2.05, 4.69) is 40.7 Å². The second-order valence-electron chi connectivity index (χ2n) is 7.12. The highest BCUT2D eigenvalue weighted by atomic mass is 79.9. The van der Waals surface area contributed by atoms with Crippen molar-refractivity contribution in [3.8, 4) is 0 Å². The molecule has 0 saturated heterocycles. The normalized spacial score (nSPS) is 22.7. The first-order chi connectivity index (χ1) is 12.1. The number of amidine groups is 1. The zero-order valence-electron chi connectivity index (χ0n) is 15.0. The molecule has 2 aromatic carbocycles. The van der Waals surface area contributed by atoms with Crippen molar-refractivity contribution in [1.29, 1.82) is 0 Å². The third kappa shape index (κ3) is 3.42. The van der Waals surface area contributed by atoms with Crippen molar-refractivity contribution in [3.05, 3.63) is 64.7 Å². The van der Waals surface area contributed by atoms with Gasteiger partial charge in [0.05, 0.1) is 6.54 Å². The maximum Gasteiger partial charge on any atom is 0.271 e. The molecule has 138 valence electrons. The molecule has 3 nitrogen and oxygen atoms in total. The van der Waals surface area contributed by atoms with Gasteiger partial charge in [0.15, 0.2) is 6.54 Å². The smallest absolute Gasteiger partial charge is 0.271 e. The molecule has 0 radical (unpaired) electrons. The van der Waals surface area contributed by atoms with E-state index in [1.807, 2.05) is 24.3 Å². The molecule has 0 bridgehead atoms. The number of aliphatic hydroxyl groups is 1. The summed E-state index contributed by atoms with van der Waals surface area (Å²) in [5.74, 6) is 1.22. The molecule has 0 saturated carbocycles. The molecule has 2 aliphatic heterocycles. The monoisotopic (exact) mass is 434 g/mol. The maximum absolute atomic E-state index is 11.7. The van der Waals surface area contributed by atoms with Gasteiger partial charge in [-0.05, 0) is 50.5 Å². The van der Waals surface area contributed by atoms with E-state index < -0.39 is 5.72 Å². The van der Waals surface area contributed by atoms with E-state index in [0.29, 0.717) is 6.54 Å². The largest absolute Gasteiger partial charge is 1.00 e. The third-order valence-corrected chi connectivity index (χ3v) is 5.63. The molecule has 0 fully saturated rings. The molecule has 0 aromatic heterocycles. The first kappa shape index (κ1) is 19.4. The third-order valence-electron chi connectivity index (χ3n) is 5.38. The fourth-order valence-corrected chi connectivity index (χ4v) is 4.12. The van der Waals surface area contributed by atoms with Crippen LogP contribution in [0.1, 0.15) is 36.8 Å². The van der Waals surface area contributed by atoms with Gasteiger partial charge in [-0.2, -0.15) is 0 Å². The van der Waals surface area contributed by atoms with Crippen LogP contribution in [0.2, 0.25) is 5.02 Å². The summed E-state index contributed by atoms with van der Waals surface area (Å²) in [6.45, 7) is 3.52. The van der Waals surface area contributed by atoms with Gasteiger partial charge in [0.1, 0.15) is 5.69 Å². The number of benzene rings is 2. The number of anilines is 1. The van der Waals surface area contributed by atoms with E-state index in [9.17, 15) is 5.11 Å². The second kappa shape index (κ2) is 7.71. The summed E-state index contributed by atoms with van der Waals surface area (Å²) < 4.78 is 2.22. The van der Waals surface area contributed by atoms with Crippen LogP contribution in [0.5, 0.6) is 0 Å². The first-order valence-corrected chi connectivity index (χ1v) is 9.42. The van der Waals surface area contributed by atoms with E-state index in [4.69, 9.17) is 11.6 Å². The van der Waals surface area contributed by atoms with Crippen LogP contribution in [0, 0.1) is 6.92 Å². The number of hydrogen-bond acceptors (Lipinski definition) is 2. The van der Waals surface area contributed by atoms with E-state index in [1.165, 1.54) is 24.2 Å². The van der Waals surface area contributed by atoms with Crippen molar-refractivity contribution in [1.82, 2.24) is 0 Å². The van der Waals surface area contributed by atoms with Crippen molar-refractivity contribution in [2.24, 2.45) is 0 Å². The number of hydrogen-bond donors (Lipinski definition) is 1. The zero-order valence-corrected chi connectivity index (χ0v) is 17.3. The lowest BCUT2D eigenvalue weighted by atomic mass is 10.0. The number of halogens is 2. The fourth-order valence-electron chi connectivity index (χ4n) is 4.00. The number of β-amino-alcohol motifs (C(OH)–C–C–N with tert-alkyl or cyclic N) is 1. The topological polar surface area (TPSA) is 26.5 Å². The number of aryl methyl sites for hydroxylation is 1. The molecule has 2 heterocycles. The Kier molecular flexibility index (Phi) is 5.75. The highest BCUT2D eigenvalue weighted by molar-refractivity contribution is 6.30. The lowest BCUT2D eigenvalue weighted by Crippen LogP contribution is -3.00. The van der Waals surface area contributed by atoms with Gasteiger partial charge in [-0.1, -0.05) is 41.4 Å². The summed E-state index contributed by atoms with van der Waals surface area (Å²) in [5.41, 5.74) is 2.29. The van der Waals surface area contributed by atoms with Gasteiger partial charge in [0.25, 0.3) is 11.6 Å². The standard InChI is InChI=1S/C21H24ClN2O.BrH/c1-16-6-8-17(9-7-16)21(25)15-23(19-12-10-18(22)11-13-19)20-5-3-2-4-14-24(20)21;/h6-13,25H,2-5,14-15H2,1H3;1H/q+1;/p-1. The molecule has 1 atom stereocenters. The minimum Gasteiger partial charge on any atom is -1.00 e. The van der Waals surface area contributed by atoms with Gasteiger partial charge in [0.2, 0.25) is 0 Å². The molecule has 5 heteroatoms. The molecule has 0 amide bonds. The van der Waals surface area contributed by atoms with Crippen LogP contribution < -0.4 is 21.9 Å². The summed E-state index contributed by atoms with van der Waals surface area (Å²) in [5, 5.41) is 12.4. The van der Waals surface area contributed by atoms with Crippen LogP contribution >= 0.6 is 11.6 Å². The highest BCUT2D eigenvalue weighted by Gasteiger charge is 2.51. The quantitative estimate of drug-likeness (QED) is 0.720. The van der Waals surface area contributed by atoms with Crippen LogP contribution in [0.15, 0.2) is 48.5 Å². The van der Waals surface area contributed by atoms with Gasteiger partial charge in [0, 0.05) is 17.0 Å². The van der Waals surface area contributed by atoms with Crippen LogP contribution in [0.3, 0.4) is 0 Å². The van der Waals surface area contributed by atoms with Crippen molar-refractivity contribution in [2.45, 2.75) is 38.3 Å². The zero-order chi connectivity index (χ0) is 17.4. The lowest BCUT2D eigenvalue weighted by Gasteiger charge is -2.23. The molecule has 0 spiro atoms. The van der Waals surface area contributed by atoms with Crippen molar-refractivity contribution >= 4 is 23.1 Å². The Labute approximate surface area is 170 Å². The van der Waals surface area contributed by atoms with Crippen LogP contribution in [-0.2, 0) is 5.72 Å². The van der Waals surface area contributed by atoms with Crippen LogP contribution in [0.4, 0.5) is 5.69 Å². The molecule has 4 rings (SSSR count). The van der Waals surface area contributed by atoms with Crippen LogP contribution in [0.25, 0.3) is 0 Å². The number of nitrogens with zero attached hydrogens (tertiary/aromatic N) is 2. The molecular weight excluding hydrogens is 412 g/mol. The van der Waals surface area contributed by atoms with Crippen molar-refractivity contribution < 1.29 is 26.7 Å². The van der Waals surface area contributed by atoms with Crippen LogP contribution in [-0.4, -0.2) is 28.6 Å². The Morgan fingerprint density at radius 2 is 1.69 bits per heavy atom. The molecule has 26 heavy (non-hydrogen) atoms. The number of rotatable bonds is 2. The molecule has 2 aromatic rings. The average molecular weight is 436 g/mol. The first-order valence-electron chi connectivity index (χ1n) is 9.04. The van der Waals surface area contributed by atoms with E-state index >= 15 is 0 Å². The SMILES string of the molecule is Cc1ccc(C2(O)CN(c3ccc(Cl)cc3)C3=[N+]2CCCCC3)cc1.[Br-]. The minimum atomic E-state index is -0.979. The summed E-state index contributed by atoms with van der Waals surface area (Å²) >= 11 is 6.06. The molecular formula is C21H24BrClN2O. The highest BCUT2D eigenvalue weighted by Crippen LogP contribution is 2.35. The summed E-state index contributed by atoms with van der Waals surface area (Å²) in [7, 11) is 0. The molecule has 1 unspecified atom stereocenters. The summed E-state index contributed by atoms with van der Waals surface area (Å²) in [6.07, 6.45) is 4.49. The Bertz CT molecular complexity index is 804. The Balaban J connectivity index is 0.00000196. The van der Waals surface area contributed by atoms with Crippen molar-refractivity contribution in [3.63, 3.8) is 0 Å². The van der Waals surface area contributed by atoms with Gasteiger partial charge >= 0.3 is 0 Å². The van der Waals surface area contributed by atoms with Gasteiger partial charge in [-0.15, -0.1) is 0 Å². The Morgan fingerprint density at radius 3 is 2.38 bits per heavy atom. The summed E-state index contributed by atoms with van der Waals surface area (Å²) in [4.78, 5) is 2.27. The predicted molar refractivity (Wildman–Crippen MR) is 102 cm³/mol. The van der Waals surface area contributed by atoms with Gasteiger partial charge in [-0.25, -0.2) is 9.48 Å². The molecule has 1 N–H and O–H groups in total. The molecule has 0 aliphatic carbocycles. The predicted octanol–water partition coefficient (Wildman–Crippen LogP) is 1.30. The van der Waals surface area contributed by atoms with Gasteiger partial charge in [-0.3, -0.25) is 0 Å². The lowest BCUT2D eigenvalue weighted by molar-refractivity contribution is -0.658. The van der Waals surface area contributed by atoms with Gasteiger partial charge < -0.3 is 22.1 Å². The minimum absolute atomic E-state index is 0. The molecule has 2 aliphatic rings.